The highest BCUT2D eigenvalue weighted by atomic mass is 35.5. The van der Waals surface area contributed by atoms with Gasteiger partial charge in [-0.15, -0.1) is 0 Å². The summed E-state index contributed by atoms with van der Waals surface area (Å²) in [5.74, 6) is -0.392. The van der Waals surface area contributed by atoms with Crippen molar-refractivity contribution < 1.29 is 9.50 Å². The van der Waals surface area contributed by atoms with Gasteiger partial charge in [0.2, 0.25) is 0 Å². The lowest BCUT2D eigenvalue weighted by molar-refractivity contribution is 0.220. The number of anilines is 1. The number of pyridine rings is 1. The van der Waals surface area contributed by atoms with Crippen LogP contribution >= 0.6 is 23.2 Å². The first-order valence-corrected chi connectivity index (χ1v) is 5.78. The van der Waals surface area contributed by atoms with E-state index < -0.39 is 11.9 Å². The third-order valence-electron chi connectivity index (χ3n) is 2.47. The molecule has 3 N–H and O–H groups in total. The molecule has 0 aliphatic rings. The number of aromatic nitrogens is 1. The fourth-order valence-electron chi connectivity index (χ4n) is 1.55. The number of hydrogen-bond donors (Lipinski definition) is 2. The highest BCUT2D eigenvalue weighted by Gasteiger charge is 2.16. The Hall–Kier alpha value is -1.36. The largest absolute Gasteiger partial charge is 0.384 e. The zero-order valence-electron chi connectivity index (χ0n) is 9.07. The van der Waals surface area contributed by atoms with Gasteiger partial charge in [-0.05, 0) is 23.8 Å². The number of nitrogens with zero attached hydrogens (tertiary/aromatic N) is 1. The third kappa shape index (κ3) is 2.56. The van der Waals surface area contributed by atoms with E-state index in [1.165, 1.54) is 30.5 Å². The second-order valence-corrected chi connectivity index (χ2v) is 4.55. The molecule has 1 aromatic carbocycles. The minimum atomic E-state index is -1.06. The lowest BCUT2D eigenvalue weighted by atomic mass is 10.0. The Morgan fingerprint density at radius 3 is 2.67 bits per heavy atom. The monoisotopic (exact) mass is 286 g/mol. The summed E-state index contributed by atoms with van der Waals surface area (Å²) < 4.78 is 13.0. The van der Waals surface area contributed by atoms with Gasteiger partial charge < -0.3 is 10.8 Å². The summed E-state index contributed by atoms with van der Waals surface area (Å²) in [4.78, 5) is 3.84. The summed E-state index contributed by atoms with van der Waals surface area (Å²) in [6.45, 7) is 0. The maximum atomic E-state index is 13.0. The van der Waals surface area contributed by atoms with Crippen molar-refractivity contribution in [3.8, 4) is 0 Å². The Kier molecular flexibility index (Phi) is 3.71. The van der Waals surface area contributed by atoms with Gasteiger partial charge in [-0.25, -0.2) is 9.37 Å². The number of aliphatic hydroxyl groups excluding tert-OH is 1. The smallest absolute Gasteiger partial charge is 0.141 e. The first-order chi connectivity index (χ1) is 8.49. The first-order valence-electron chi connectivity index (χ1n) is 5.03. The van der Waals surface area contributed by atoms with Crippen LogP contribution in [0.25, 0.3) is 0 Å². The maximum absolute atomic E-state index is 13.0. The molecule has 0 bridgehead atoms. The summed E-state index contributed by atoms with van der Waals surface area (Å²) in [5.41, 5.74) is 6.42. The van der Waals surface area contributed by atoms with Crippen molar-refractivity contribution in [3.05, 3.63) is 57.5 Å². The molecule has 6 heteroatoms. The van der Waals surface area contributed by atoms with Gasteiger partial charge >= 0.3 is 0 Å². The van der Waals surface area contributed by atoms with Crippen LogP contribution in [0.15, 0.2) is 30.5 Å². The number of nitrogen functional groups attached to an aromatic ring is 1. The molecule has 1 unspecified atom stereocenters. The van der Waals surface area contributed by atoms with Crippen LogP contribution in [0.4, 0.5) is 10.2 Å². The summed E-state index contributed by atoms with van der Waals surface area (Å²) in [7, 11) is 0. The third-order valence-corrected chi connectivity index (χ3v) is 2.97. The standard InChI is InChI=1S/C12H9Cl2FN2O/c13-7-4-8(12(16)17-5-7)11(18)6-1-2-10(15)9(14)3-6/h1-5,11,18H,(H2,16,17). The lowest BCUT2D eigenvalue weighted by Gasteiger charge is -2.14. The van der Waals surface area contributed by atoms with Gasteiger partial charge in [0, 0.05) is 11.8 Å². The van der Waals surface area contributed by atoms with Gasteiger partial charge in [-0.1, -0.05) is 29.3 Å². The van der Waals surface area contributed by atoms with Crippen molar-refractivity contribution in [2.75, 3.05) is 5.73 Å². The Bertz CT molecular complexity index is 592. The fraction of sp³-hybridized carbons (Fsp3) is 0.0833. The maximum Gasteiger partial charge on any atom is 0.141 e. The van der Waals surface area contributed by atoms with Gasteiger partial charge in [0.25, 0.3) is 0 Å². The Balaban J connectivity index is 2.44. The summed E-state index contributed by atoms with van der Waals surface area (Å²) >= 11 is 11.4. The van der Waals surface area contributed by atoms with Crippen LogP contribution in [0, 0.1) is 5.82 Å². The summed E-state index contributed by atoms with van der Waals surface area (Å²) in [5, 5.41) is 10.4. The summed E-state index contributed by atoms with van der Waals surface area (Å²) in [6, 6.07) is 5.44. The van der Waals surface area contributed by atoms with E-state index in [0.29, 0.717) is 16.1 Å². The van der Waals surface area contributed by atoms with E-state index in [1.54, 1.807) is 0 Å². The molecule has 2 aromatic rings. The molecule has 1 aromatic heterocycles. The molecule has 0 saturated heterocycles. The minimum Gasteiger partial charge on any atom is -0.384 e. The number of benzene rings is 1. The molecule has 0 aliphatic carbocycles. The highest BCUT2D eigenvalue weighted by Crippen LogP contribution is 2.29. The molecule has 0 spiro atoms. The number of rotatable bonds is 2. The van der Waals surface area contributed by atoms with E-state index in [-0.39, 0.29) is 10.8 Å². The van der Waals surface area contributed by atoms with Crippen molar-refractivity contribution in [1.29, 1.82) is 0 Å². The van der Waals surface area contributed by atoms with Crippen molar-refractivity contribution in [2.45, 2.75) is 6.10 Å². The Labute approximate surface area is 113 Å². The van der Waals surface area contributed by atoms with E-state index >= 15 is 0 Å². The molecule has 0 radical (unpaired) electrons. The number of halogens is 3. The van der Waals surface area contributed by atoms with E-state index in [9.17, 15) is 9.50 Å². The second-order valence-electron chi connectivity index (χ2n) is 3.70. The van der Waals surface area contributed by atoms with Crippen LogP contribution in [0.3, 0.4) is 0 Å². The molecule has 0 aliphatic heterocycles. The van der Waals surface area contributed by atoms with E-state index in [4.69, 9.17) is 28.9 Å². The van der Waals surface area contributed by atoms with Crippen LogP contribution in [0.2, 0.25) is 10.0 Å². The van der Waals surface area contributed by atoms with Crippen molar-refractivity contribution in [1.82, 2.24) is 4.98 Å². The summed E-state index contributed by atoms with van der Waals surface area (Å²) in [6.07, 6.45) is 0.319. The van der Waals surface area contributed by atoms with Gasteiger partial charge in [0.15, 0.2) is 0 Å². The first kappa shape index (κ1) is 13.1. The van der Waals surface area contributed by atoms with Crippen LogP contribution < -0.4 is 5.73 Å². The van der Waals surface area contributed by atoms with Crippen LogP contribution in [0.5, 0.6) is 0 Å². The van der Waals surface area contributed by atoms with Crippen molar-refractivity contribution in [3.63, 3.8) is 0 Å². The van der Waals surface area contributed by atoms with Crippen LogP contribution in [-0.4, -0.2) is 10.1 Å². The SMILES string of the molecule is Nc1ncc(Cl)cc1C(O)c1ccc(F)c(Cl)c1. The van der Waals surface area contributed by atoms with Gasteiger partial charge in [0.1, 0.15) is 17.7 Å². The predicted molar refractivity (Wildman–Crippen MR) is 69.1 cm³/mol. The number of aliphatic hydroxyl groups is 1. The highest BCUT2D eigenvalue weighted by molar-refractivity contribution is 6.31. The Morgan fingerprint density at radius 2 is 2.00 bits per heavy atom. The quantitative estimate of drug-likeness (QED) is 0.891. The molecule has 1 atom stereocenters. The molecule has 0 fully saturated rings. The zero-order valence-corrected chi connectivity index (χ0v) is 10.6. The second kappa shape index (κ2) is 5.10. The normalized spacial score (nSPS) is 12.4. The Morgan fingerprint density at radius 1 is 1.28 bits per heavy atom. The molecule has 94 valence electrons. The number of nitrogens with two attached hydrogens (primary N) is 1. The van der Waals surface area contributed by atoms with Crippen molar-refractivity contribution >= 4 is 29.0 Å². The van der Waals surface area contributed by atoms with Crippen molar-refractivity contribution in [2.24, 2.45) is 0 Å². The molecule has 0 saturated carbocycles. The molecule has 2 rings (SSSR count). The van der Waals surface area contributed by atoms with E-state index in [2.05, 4.69) is 4.98 Å². The fourth-order valence-corrected chi connectivity index (χ4v) is 1.90. The topological polar surface area (TPSA) is 59.1 Å². The van der Waals surface area contributed by atoms with E-state index in [1.807, 2.05) is 0 Å². The zero-order chi connectivity index (χ0) is 13.3. The average Bonchev–Trinajstić information content (AvgIpc) is 2.35. The van der Waals surface area contributed by atoms with Gasteiger partial charge in [0.05, 0.1) is 10.0 Å². The molecule has 0 amide bonds. The average molecular weight is 287 g/mol. The molecular weight excluding hydrogens is 278 g/mol. The van der Waals surface area contributed by atoms with Crippen LogP contribution in [0.1, 0.15) is 17.2 Å². The predicted octanol–water partition coefficient (Wildman–Crippen LogP) is 3.19. The van der Waals surface area contributed by atoms with E-state index in [0.717, 1.165) is 0 Å². The van der Waals surface area contributed by atoms with Gasteiger partial charge in [-0.3, -0.25) is 0 Å². The molecule has 1 heterocycles. The van der Waals surface area contributed by atoms with Gasteiger partial charge in [-0.2, -0.15) is 0 Å². The molecular formula is C12H9Cl2FN2O. The lowest BCUT2D eigenvalue weighted by Crippen LogP contribution is -2.05. The molecule has 3 nitrogen and oxygen atoms in total. The minimum absolute atomic E-state index is 0.0693. The van der Waals surface area contributed by atoms with Crippen LogP contribution in [-0.2, 0) is 0 Å². The molecule has 18 heavy (non-hydrogen) atoms. The number of hydrogen-bond acceptors (Lipinski definition) is 3.